The molecule has 2 atom stereocenters. The van der Waals surface area contributed by atoms with Crippen LogP contribution in [-0.2, 0) is 0 Å². The summed E-state index contributed by atoms with van der Waals surface area (Å²) in [6, 6.07) is 0. The molecule has 0 N–H and O–H groups in total. The summed E-state index contributed by atoms with van der Waals surface area (Å²) < 4.78 is 16.7. The molecule has 2 saturated carbocycles. The highest BCUT2D eigenvalue weighted by Crippen LogP contribution is 2.47. The van der Waals surface area contributed by atoms with Crippen LogP contribution in [0.25, 0.3) is 0 Å². The minimum Gasteiger partial charge on any atom is -0.0602 e. The Bertz CT molecular complexity index is 227. The van der Waals surface area contributed by atoms with E-state index in [1.165, 1.54) is 19.3 Å². The SMILES string of the molecule is [2H]C([2H])(C1CC2CCC(C2)C1)C(C)(C)C. The van der Waals surface area contributed by atoms with E-state index in [-0.39, 0.29) is 5.41 Å². The van der Waals surface area contributed by atoms with Crippen LogP contribution in [0.5, 0.6) is 0 Å². The predicted octanol–water partition coefficient (Wildman–Crippen LogP) is 4.25. The molecule has 2 aliphatic carbocycles. The summed E-state index contributed by atoms with van der Waals surface area (Å²) in [6.07, 6.45) is 5.40. The minimum absolute atomic E-state index is 0.214. The molecular weight excluding hydrogens is 156 g/mol. The molecule has 2 bridgehead atoms. The molecule has 2 aliphatic rings. The molecule has 2 fully saturated rings. The Morgan fingerprint density at radius 1 is 1.08 bits per heavy atom. The van der Waals surface area contributed by atoms with Crippen molar-refractivity contribution in [1.82, 2.24) is 0 Å². The van der Waals surface area contributed by atoms with Gasteiger partial charge in [0, 0.05) is 2.74 Å². The van der Waals surface area contributed by atoms with Crippen LogP contribution in [0.4, 0.5) is 0 Å². The van der Waals surface area contributed by atoms with E-state index in [0.717, 1.165) is 24.7 Å². The maximum Gasteiger partial charge on any atom is 0.0275 e. The molecule has 0 spiro atoms. The third-order valence-electron chi connectivity index (χ3n) is 3.52. The van der Waals surface area contributed by atoms with Crippen LogP contribution in [0.2, 0.25) is 0 Å². The second-order valence-corrected chi connectivity index (χ2v) is 6.11. The quantitative estimate of drug-likeness (QED) is 0.569. The van der Waals surface area contributed by atoms with Gasteiger partial charge in [0.15, 0.2) is 0 Å². The predicted molar refractivity (Wildman–Crippen MR) is 57.6 cm³/mol. The van der Waals surface area contributed by atoms with Crippen molar-refractivity contribution in [3.8, 4) is 0 Å². The van der Waals surface area contributed by atoms with Gasteiger partial charge in [0.2, 0.25) is 0 Å². The largest absolute Gasteiger partial charge is 0.0602 e. The van der Waals surface area contributed by atoms with Gasteiger partial charge in [-0.2, -0.15) is 0 Å². The van der Waals surface area contributed by atoms with Crippen molar-refractivity contribution in [3.05, 3.63) is 0 Å². The van der Waals surface area contributed by atoms with Gasteiger partial charge in [0.25, 0.3) is 0 Å². The smallest absolute Gasteiger partial charge is 0.0275 e. The Hall–Kier alpha value is 0. The zero-order valence-electron chi connectivity index (χ0n) is 11.3. The molecule has 0 nitrogen and oxygen atoms in total. The maximum absolute atomic E-state index is 8.35. The van der Waals surface area contributed by atoms with E-state index in [4.69, 9.17) is 2.74 Å². The van der Waals surface area contributed by atoms with Gasteiger partial charge < -0.3 is 0 Å². The fourth-order valence-electron chi connectivity index (χ4n) is 3.24. The van der Waals surface area contributed by atoms with Crippen molar-refractivity contribution < 1.29 is 2.74 Å². The zero-order chi connectivity index (χ0) is 11.3. The molecule has 0 heteroatoms. The van der Waals surface area contributed by atoms with E-state index in [9.17, 15) is 0 Å². The van der Waals surface area contributed by atoms with Gasteiger partial charge in [-0.3, -0.25) is 0 Å². The number of hydrogen-bond acceptors (Lipinski definition) is 0. The lowest BCUT2D eigenvalue weighted by molar-refractivity contribution is 0.192. The van der Waals surface area contributed by atoms with Crippen LogP contribution >= 0.6 is 0 Å². The highest BCUT2D eigenvalue weighted by Gasteiger charge is 2.35. The molecule has 0 heterocycles. The summed E-state index contributed by atoms with van der Waals surface area (Å²) in [5, 5.41) is 0. The van der Waals surface area contributed by atoms with E-state index in [1.54, 1.807) is 0 Å². The summed E-state index contributed by atoms with van der Waals surface area (Å²) in [6.45, 7) is 6.14. The van der Waals surface area contributed by atoms with Gasteiger partial charge in [0.1, 0.15) is 0 Å². The van der Waals surface area contributed by atoms with Gasteiger partial charge in [-0.15, -0.1) is 0 Å². The van der Waals surface area contributed by atoms with Crippen LogP contribution in [0.15, 0.2) is 0 Å². The standard InChI is InChI=1S/C13H24/c1-13(2,3)9-12-7-10-4-5-11(6-10)8-12/h10-12H,4-9H2,1-3H3/i9D2. The number of hydrogen-bond donors (Lipinski definition) is 0. The fraction of sp³-hybridized carbons (Fsp3) is 1.00. The first-order valence-electron chi connectivity index (χ1n) is 6.80. The molecule has 0 radical (unpaired) electrons. The summed E-state index contributed by atoms with van der Waals surface area (Å²) in [5.41, 5.74) is -0.214. The second kappa shape index (κ2) is 3.29. The molecule has 0 aromatic heterocycles. The van der Waals surface area contributed by atoms with E-state index < -0.39 is 6.37 Å². The normalized spacial score (nSPS) is 42.8. The minimum atomic E-state index is -0.992. The third kappa shape index (κ3) is 2.48. The van der Waals surface area contributed by atoms with Crippen molar-refractivity contribution >= 4 is 0 Å². The molecule has 0 saturated heterocycles. The van der Waals surface area contributed by atoms with Gasteiger partial charge in [-0.25, -0.2) is 0 Å². The topological polar surface area (TPSA) is 0 Å². The molecular formula is C13H24. The molecule has 0 aromatic rings. The Morgan fingerprint density at radius 2 is 1.62 bits per heavy atom. The van der Waals surface area contributed by atoms with Crippen molar-refractivity contribution in [1.29, 1.82) is 0 Å². The fourth-order valence-corrected chi connectivity index (χ4v) is 3.24. The van der Waals surface area contributed by atoms with E-state index >= 15 is 0 Å². The Labute approximate surface area is 85.9 Å². The first kappa shape index (κ1) is 7.31. The molecule has 0 aromatic carbocycles. The zero-order valence-corrected chi connectivity index (χ0v) is 9.27. The molecule has 0 aliphatic heterocycles. The lowest BCUT2D eigenvalue weighted by Crippen LogP contribution is -2.21. The first-order chi connectivity index (χ1) is 6.80. The first-order valence-corrected chi connectivity index (χ1v) is 5.80. The number of rotatable bonds is 1. The highest BCUT2D eigenvalue weighted by molar-refractivity contribution is 4.86. The third-order valence-corrected chi connectivity index (χ3v) is 3.52. The van der Waals surface area contributed by atoms with Gasteiger partial charge in [-0.1, -0.05) is 33.6 Å². The van der Waals surface area contributed by atoms with Crippen LogP contribution in [0, 0.1) is 23.2 Å². The molecule has 13 heavy (non-hydrogen) atoms. The summed E-state index contributed by atoms with van der Waals surface area (Å²) >= 11 is 0. The second-order valence-electron chi connectivity index (χ2n) is 6.11. The van der Waals surface area contributed by atoms with Crippen molar-refractivity contribution in [2.24, 2.45) is 23.2 Å². The average Bonchev–Trinajstić information content (AvgIpc) is 2.43. The lowest BCUT2D eigenvalue weighted by atomic mass is 9.74. The number of fused-ring (bicyclic) bond motifs is 2. The Kier molecular flexibility index (Phi) is 1.85. The van der Waals surface area contributed by atoms with Crippen LogP contribution in [0.1, 0.15) is 62.0 Å². The van der Waals surface area contributed by atoms with Crippen LogP contribution in [-0.4, -0.2) is 0 Å². The van der Waals surface area contributed by atoms with E-state index in [1.807, 2.05) is 20.8 Å². The van der Waals surface area contributed by atoms with E-state index in [2.05, 4.69) is 0 Å². The molecule has 2 rings (SSSR count). The van der Waals surface area contributed by atoms with E-state index in [0.29, 0.717) is 5.92 Å². The van der Waals surface area contributed by atoms with Crippen molar-refractivity contribution in [2.75, 3.05) is 0 Å². The van der Waals surface area contributed by atoms with Crippen LogP contribution < -0.4 is 0 Å². The Balaban J connectivity index is 2.11. The van der Waals surface area contributed by atoms with Gasteiger partial charge in [0.05, 0.1) is 0 Å². The monoisotopic (exact) mass is 182 g/mol. The Morgan fingerprint density at radius 3 is 2.08 bits per heavy atom. The van der Waals surface area contributed by atoms with Gasteiger partial charge >= 0.3 is 0 Å². The maximum atomic E-state index is 8.35. The molecule has 0 amide bonds. The van der Waals surface area contributed by atoms with Crippen LogP contribution in [0.3, 0.4) is 0 Å². The molecule has 2 unspecified atom stereocenters. The summed E-state index contributed by atoms with van der Waals surface area (Å²) in [4.78, 5) is 0. The van der Waals surface area contributed by atoms with Gasteiger partial charge in [-0.05, 0) is 48.8 Å². The molecule has 76 valence electrons. The lowest BCUT2D eigenvalue weighted by Gasteiger charge is -2.32. The van der Waals surface area contributed by atoms with Crippen molar-refractivity contribution in [3.63, 3.8) is 0 Å². The summed E-state index contributed by atoms with van der Waals surface area (Å²) in [5.74, 6) is 1.99. The average molecular weight is 182 g/mol. The highest BCUT2D eigenvalue weighted by atomic mass is 14.4. The van der Waals surface area contributed by atoms with Crippen molar-refractivity contribution in [2.45, 2.75) is 59.2 Å². The summed E-state index contributed by atoms with van der Waals surface area (Å²) in [7, 11) is 0.